The van der Waals surface area contributed by atoms with Crippen LogP contribution in [-0.2, 0) is 0 Å². The van der Waals surface area contributed by atoms with Gasteiger partial charge in [0, 0.05) is 11.1 Å². The molecule has 1 aliphatic rings. The highest BCUT2D eigenvalue weighted by Crippen LogP contribution is 2.41. The van der Waals surface area contributed by atoms with Gasteiger partial charge in [-0.3, -0.25) is 0 Å². The Kier molecular flexibility index (Phi) is 4.45. The standard InChI is InChI=1S/C19H18N2O6/c1-22-15-9-12(10-16(23-2)17(15)24-3)19-21-20-18(27-19)11-4-5-13-14(8-11)26-7-6-25-13/h4-5,8-10H,6-7H2,1-3H3. The molecule has 4 rings (SSSR count). The first kappa shape index (κ1) is 17.0. The van der Waals surface area contributed by atoms with E-state index >= 15 is 0 Å². The maximum Gasteiger partial charge on any atom is 0.248 e. The SMILES string of the molecule is COc1cc(-c2nnc(-c3ccc4c(c3)OCCO4)o2)cc(OC)c1OC. The molecule has 0 amide bonds. The lowest BCUT2D eigenvalue weighted by Crippen LogP contribution is -2.15. The molecule has 0 unspecified atom stereocenters. The van der Waals surface area contributed by atoms with E-state index in [0.29, 0.717) is 59.3 Å². The molecule has 8 heteroatoms. The number of rotatable bonds is 5. The Morgan fingerprint density at radius 1 is 0.741 bits per heavy atom. The third-order valence-corrected chi connectivity index (χ3v) is 4.13. The fourth-order valence-corrected chi connectivity index (χ4v) is 2.84. The number of hydrogen-bond acceptors (Lipinski definition) is 8. The highest BCUT2D eigenvalue weighted by molar-refractivity contribution is 5.67. The van der Waals surface area contributed by atoms with Gasteiger partial charge in [0.1, 0.15) is 13.2 Å². The molecule has 2 aromatic carbocycles. The summed E-state index contributed by atoms with van der Waals surface area (Å²) in [4.78, 5) is 0. The van der Waals surface area contributed by atoms with E-state index in [9.17, 15) is 0 Å². The molecule has 0 saturated heterocycles. The summed E-state index contributed by atoms with van der Waals surface area (Å²) in [5.41, 5.74) is 1.39. The number of aromatic nitrogens is 2. The van der Waals surface area contributed by atoms with Crippen LogP contribution in [0.3, 0.4) is 0 Å². The molecule has 0 fully saturated rings. The minimum Gasteiger partial charge on any atom is -0.493 e. The molecule has 1 aromatic heterocycles. The van der Waals surface area contributed by atoms with Crippen molar-refractivity contribution in [1.29, 1.82) is 0 Å². The molecule has 140 valence electrons. The minimum absolute atomic E-state index is 0.333. The fraction of sp³-hybridized carbons (Fsp3) is 0.263. The van der Waals surface area contributed by atoms with Gasteiger partial charge in [-0.15, -0.1) is 10.2 Å². The largest absolute Gasteiger partial charge is 0.493 e. The lowest BCUT2D eigenvalue weighted by Gasteiger charge is -2.18. The number of benzene rings is 2. The van der Waals surface area contributed by atoms with Crippen LogP contribution in [0.15, 0.2) is 34.7 Å². The van der Waals surface area contributed by atoms with Crippen molar-refractivity contribution in [2.45, 2.75) is 0 Å². The van der Waals surface area contributed by atoms with Gasteiger partial charge in [-0.2, -0.15) is 0 Å². The van der Waals surface area contributed by atoms with Crippen molar-refractivity contribution >= 4 is 0 Å². The van der Waals surface area contributed by atoms with Crippen molar-refractivity contribution in [1.82, 2.24) is 10.2 Å². The second-order valence-electron chi connectivity index (χ2n) is 5.68. The van der Waals surface area contributed by atoms with Crippen LogP contribution in [0.2, 0.25) is 0 Å². The van der Waals surface area contributed by atoms with Crippen LogP contribution < -0.4 is 23.7 Å². The number of fused-ring (bicyclic) bond motifs is 1. The molecule has 0 saturated carbocycles. The monoisotopic (exact) mass is 370 g/mol. The zero-order valence-electron chi connectivity index (χ0n) is 15.1. The molecular weight excluding hydrogens is 352 g/mol. The van der Waals surface area contributed by atoms with E-state index in [2.05, 4.69) is 10.2 Å². The molecular formula is C19H18N2O6. The molecule has 0 aliphatic carbocycles. The molecule has 27 heavy (non-hydrogen) atoms. The van der Waals surface area contributed by atoms with Gasteiger partial charge in [0.15, 0.2) is 23.0 Å². The first-order chi connectivity index (χ1) is 13.2. The first-order valence-corrected chi connectivity index (χ1v) is 8.27. The first-order valence-electron chi connectivity index (χ1n) is 8.27. The van der Waals surface area contributed by atoms with Crippen LogP contribution in [0.4, 0.5) is 0 Å². The Hall–Kier alpha value is -3.42. The van der Waals surface area contributed by atoms with E-state index in [0.717, 1.165) is 5.56 Å². The number of hydrogen-bond donors (Lipinski definition) is 0. The molecule has 0 bridgehead atoms. The maximum atomic E-state index is 5.85. The van der Waals surface area contributed by atoms with Gasteiger partial charge in [-0.05, 0) is 30.3 Å². The van der Waals surface area contributed by atoms with Crippen LogP contribution in [0.1, 0.15) is 0 Å². The predicted molar refractivity (Wildman–Crippen MR) is 95.8 cm³/mol. The summed E-state index contributed by atoms with van der Waals surface area (Å²) in [6.07, 6.45) is 0. The summed E-state index contributed by atoms with van der Waals surface area (Å²) in [6, 6.07) is 9.00. The van der Waals surface area contributed by atoms with E-state index in [1.54, 1.807) is 33.5 Å². The highest BCUT2D eigenvalue weighted by Gasteiger charge is 2.19. The fourth-order valence-electron chi connectivity index (χ4n) is 2.84. The van der Waals surface area contributed by atoms with Crippen molar-refractivity contribution in [3.8, 4) is 51.7 Å². The molecule has 0 N–H and O–H groups in total. The second kappa shape index (κ2) is 7.06. The quantitative estimate of drug-likeness (QED) is 0.677. The zero-order valence-corrected chi connectivity index (χ0v) is 15.1. The average molecular weight is 370 g/mol. The van der Waals surface area contributed by atoms with Crippen LogP contribution >= 0.6 is 0 Å². The molecule has 0 spiro atoms. The molecule has 3 aromatic rings. The van der Waals surface area contributed by atoms with Gasteiger partial charge in [0.05, 0.1) is 21.3 Å². The summed E-state index contributed by atoms with van der Waals surface area (Å²) in [7, 11) is 4.65. The zero-order chi connectivity index (χ0) is 18.8. The van der Waals surface area contributed by atoms with Crippen molar-refractivity contribution in [3.63, 3.8) is 0 Å². The Morgan fingerprint density at radius 2 is 1.37 bits per heavy atom. The van der Waals surface area contributed by atoms with Gasteiger partial charge >= 0.3 is 0 Å². The van der Waals surface area contributed by atoms with Gasteiger partial charge in [-0.1, -0.05) is 0 Å². The topological polar surface area (TPSA) is 85.1 Å². The Labute approximate surface area is 155 Å². The average Bonchev–Trinajstić information content (AvgIpc) is 3.22. The number of nitrogens with zero attached hydrogens (tertiary/aromatic N) is 2. The third-order valence-electron chi connectivity index (χ3n) is 4.13. The van der Waals surface area contributed by atoms with E-state index in [-0.39, 0.29) is 0 Å². The smallest absolute Gasteiger partial charge is 0.248 e. The van der Waals surface area contributed by atoms with E-state index in [4.69, 9.17) is 28.1 Å². The lowest BCUT2D eigenvalue weighted by molar-refractivity contribution is 0.171. The second-order valence-corrected chi connectivity index (χ2v) is 5.68. The van der Waals surface area contributed by atoms with Gasteiger partial charge in [0.2, 0.25) is 17.5 Å². The molecule has 0 atom stereocenters. The van der Waals surface area contributed by atoms with Crippen LogP contribution in [0.5, 0.6) is 28.7 Å². The summed E-state index contributed by atoms with van der Waals surface area (Å²) in [5, 5.41) is 8.28. The van der Waals surface area contributed by atoms with E-state index in [1.165, 1.54) is 0 Å². The van der Waals surface area contributed by atoms with E-state index < -0.39 is 0 Å². The van der Waals surface area contributed by atoms with Crippen molar-refractivity contribution in [2.24, 2.45) is 0 Å². The number of ether oxygens (including phenoxy) is 5. The lowest BCUT2D eigenvalue weighted by atomic mass is 10.1. The maximum absolute atomic E-state index is 5.85. The molecule has 0 radical (unpaired) electrons. The molecule has 2 heterocycles. The normalized spacial score (nSPS) is 12.6. The number of methoxy groups -OCH3 is 3. The van der Waals surface area contributed by atoms with Crippen LogP contribution in [0.25, 0.3) is 22.9 Å². The summed E-state index contributed by atoms with van der Waals surface area (Å²) in [5.74, 6) is 3.57. The van der Waals surface area contributed by atoms with Crippen LogP contribution in [0, 0.1) is 0 Å². The van der Waals surface area contributed by atoms with Gasteiger partial charge in [-0.25, -0.2) is 0 Å². The highest BCUT2D eigenvalue weighted by atomic mass is 16.6. The molecule has 1 aliphatic heterocycles. The van der Waals surface area contributed by atoms with Crippen molar-refractivity contribution < 1.29 is 28.1 Å². The molecule has 8 nitrogen and oxygen atoms in total. The summed E-state index contributed by atoms with van der Waals surface area (Å²) < 4.78 is 33.1. The van der Waals surface area contributed by atoms with E-state index in [1.807, 2.05) is 18.2 Å². The minimum atomic E-state index is 0.333. The van der Waals surface area contributed by atoms with Gasteiger partial charge in [0.25, 0.3) is 0 Å². The Balaban J connectivity index is 1.71. The van der Waals surface area contributed by atoms with Gasteiger partial charge < -0.3 is 28.1 Å². The van der Waals surface area contributed by atoms with Crippen molar-refractivity contribution in [3.05, 3.63) is 30.3 Å². The van der Waals surface area contributed by atoms with Crippen molar-refractivity contribution in [2.75, 3.05) is 34.5 Å². The third kappa shape index (κ3) is 3.10. The Bertz CT molecular complexity index is 944. The summed E-state index contributed by atoms with van der Waals surface area (Å²) >= 11 is 0. The Morgan fingerprint density at radius 3 is 2.00 bits per heavy atom. The van der Waals surface area contributed by atoms with Crippen LogP contribution in [-0.4, -0.2) is 44.7 Å². The predicted octanol–water partition coefficient (Wildman–Crippen LogP) is 3.20. The summed E-state index contributed by atoms with van der Waals surface area (Å²) in [6.45, 7) is 1.05.